The van der Waals surface area contributed by atoms with Gasteiger partial charge in [0.15, 0.2) is 0 Å². The molecular formula is C23H18F3N3O3. The molecule has 2 aromatic carbocycles. The summed E-state index contributed by atoms with van der Waals surface area (Å²) in [4.78, 5) is 32.5. The van der Waals surface area contributed by atoms with Crippen molar-refractivity contribution in [2.45, 2.75) is 25.9 Å². The predicted molar refractivity (Wildman–Crippen MR) is 111 cm³/mol. The molecule has 1 atom stereocenters. The Labute approximate surface area is 181 Å². The number of aromatic nitrogens is 1. The lowest BCUT2D eigenvalue weighted by molar-refractivity contribution is -0.274. The normalized spacial score (nSPS) is 16.6. The summed E-state index contributed by atoms with van der Waals surface area (Å²) in [5.41, 5.74) is 2.63. The van der Waals surface area contributed by atoms with E-state index in [9.17, 15) is 22.8 Å². The van der Waals surface area contributed by atoms with Crippen LogP contribution >= 0.6 is 0 Å². The monoisotopic (exact) mass is 441 g/mol. The molecule has 1 saturated heterocycles. The minimum atomic E-state index is -4.82. The fraction of sp³-hybridized carbons (Fsp3) is 0.174. The molecule has 164 valence electrons. The summed E-state index contributed by atoms with van der Waals surface area (Å²) in [6.45, 7) is 1.79. The van der Waals surface area contributed by atoms with E-state index in [2.05, 4.69) is 9.72 Å². The van der Waals surface area contributed by atoms with Gasteiger partial charge in [-0.1, -0.05) is 30.3 Å². The molecule has 3 aromatic rings. The van der Waals surface area contributed by atoms with Crippen LogP contribution in [0.5, 0.6) is 5.75 Å². The molecule has 1 unspecified atom stereocenters. The highest BCUT2D eigenvalue weighted by Crippen LogP contribution is 2.30. The average Bonchev–Trinajstić information content (AvgIpc) is 2.97. The van der Waals surface area contributed by atoms with Gasteiger partial charge in [0, 0.05) is 18.3 Å². The molecule has 0 bridgehead atoms. The summed E-state index contributed by atoms with van der Waals surface area (Å²) in [5.74, 6) is -0.896. The fourth-order valence-corrected chi connectivity index (χ4v) is 3.48. The van der Waals surface area contributed by atoms with E-state index in [4.69, 9.17) is 0 Å². The smallest absolute Gasteiger partial charge is 0.406 e. The van der Waals surface area contributed by atoms with Crippen LogP contribution in [0.4, 0.5) is 23.7 Å². The van der Waals surface area contributed by atoms with Gasteiger partial charge in [0.25, 0.3) is 5.91 Å². The summed E-state index contributed by atoms with van der Waals surface area (Å²) in [7, 11) is 0. The van der Waals surface area contributed by atoms with E-state index in [1.165, 1.54) is 17.0 Å². The van der Waals surface area contributed by atoms with Crippen molar-refractivity contribution in [1.82, 2.24) is 9.88 Å². The van der Waals surface area contributed by atoms with Crippen LogP contribution in [-0.2, 0) is 11.3 Å². The molecule has 0 saturated carbocycles. The van der Waals surface area contributed by atoms with Gasteiger partial charge in [-0.25, -0.2) is 9.69 Å². The molecule has 1 aliphatic rings. The van der Waals surface area contributed by atoms with Crippen molar-refractivity contribution in [3.8, 4) is 17.0 Å². The van der Waals surface area contributed by atoms with Gasteiger partial charge in [0.05, 0.1) is 11.4 Å². The molecule has 4 rings (SSSR count). The van der Waals surface area contributed by atoms with E-state index in [-0.39, 0.29) is 12.2 Å². The second-order valence-electron chi connectivity index (χ2n) is 7.22. The first kappa shape index (κ1) is 21.4. The number of halogens is 3. The van der Waals surface area contributed by atoms with Gasteiger partial charge in [-0.05, 0) is 48.9 Å². The van der Waals surface area contributed by atoms with Crippen molar-refractivity contribution in [3.63, 3.8) is 0 Å². The molecule has 2 heterocycles. The number of imide groups is 1. The average molecular weight is 441 g/mol. The van der Waals surface area contributed by atoms with Gasteiger partial charge in [-0.15, -0.1) is 13.2 Å². The van der Waals surface area contributed by atoms with Crippen molar-refractivity contribution in [2.75, 3.05) is 4.90 Å². The Hall–Kier alpha value is -3.88. The van der Waals surface area contributed by atoms with Crippen molar-refractivity contribution < 1.29 is 27.5 Å². The predicted octanol–water partition coefficient (Wildman–Crippen LogP) is 5.00. The van der Waals surface area contributed by atoms with E-state index in [1.807, 2.05) is 36.4 Å². The maximum Gasteiger partial charge on any atom is 0.573 e. The van der Waals surface area contributed by atoms with E-state index in [1.54, 1.807) is 19.2 Å². The summed E-state index contributed by atoms with van der Waals surface area (Å²) in [6, 6.07) is 16.5. The van der Waals surface area contributed by atoms with Gasteiger partial charge < -0.3 is 9.64 Å². The maximum atomic E-state index is 13.0. The summed E-state index contributed by atoms with van der Waals surface area (Å²) in [6.07, 6.45) is -3.18. The Morgan fingerprint density at radius 1 is 1.00 bits per heavy atom. The lowest BCUT2D eigenvalue weighted by atomic mass is 10.1. The highest BCUT2D eigenvalue weighted by molar-refractivity contribution is 6.21. The number of urea groups is 1. The van der Waals surface area contributed by atoms with Crippen LogP contribution in [0.1, 0.15) is 12.5 Å². The van der Waals surface area contributed by atoms with Crippen molar-refractivity contribution in [3.05, 3.63) is 78.5 Å². The van der Waals surface area contributed by atoms with Crippen LogP contribution in [0.2, 0.25) is 0 Å². The standard InChI is InChI=1S/C23H18F3N3O3/c1-15-21(30)29(18-7-9-19(10-8-18)32-23(24,25)26)22(31)28(15)14-16-11-12-27-20(13-16)17-5-3-2-4-6-17/h2-13,15H,14H2,1H3. The molecule has 6 nitrogen and oxygen atoms in total. The molecule has 0 aliphatic carbocycles. The number of nitrogens with zero attached hydrogens (tertiary/aromatic N) is 3. The molecule has 9 heteroatoms. The minimum absolute atomic E-state index is 0.170. The number of pyridine rings is 1. The lowest BCUT2D eigenvalue weighted by Crippen LogP contribution is -2.33. The Bertz CT molecular complexity index is 1130. The zero-order valence-corrected chi connectivity index (χ0v) is 16.9. The fourth-order valence-electron chi connectivity index (χ4n) is 3.48. The quantitative estimate of drug-likeness (QED) is 0.523. The number of benzene rings is 2. The third kappa shape index (κ3) is 4.41. The molecule has 1 fully saturated rings. The summed E-state index contributed by atoms with van der Waals surface area (Å²) >= 11 is 0. The molecule has 0 radical (unpaired) electrons. The largest absolute Gasteiger partial charge is 0.573 e. The molecule has 1 aromatic heterocycles. The number of alkyl halides is 3. The molecule has 32 heavy (non-hydrogen) atoms. The summed E-state index contributed by atoms with van der Waals surface area (Å²) in [5, 5.41) is 0. The van der Waals surface area contributed by atoms with E-state index in [0.29, 0.717) is 0 Å². The SMILES string of the molecule is CC1C(=O)N(c2ccc(OC(F)(F)F)cc2)C(=O)N1Cc1ccnc(-c2ccccc2)c1. The topological polar surface area (TPSA) is 62.7 Å². The molecule has 1 aliphatic heterocycles. The van der Waals surface area contributed by atoms with Crippen LogP contribution in [-0.4, -0.2) is 34.2 Å². The van der Waals surface area contributed by atoms with Crippen molar-refractivity contribution in [2.24, 2.45) is 0 Å². The second-order valence-corrected chi connectivity index (χ2v) is 7.22. The van der Waals surface area contributed by atoms with Gasteiger partial charge in [-0.3, -0.25) is 9.78 Å². The van der Waals surface area contributed by atoms with Crippen molar-refractivity contribution >= 4 is 17.6 Å². The first-order valence-corrected chi connectivity index (χ1v) is 9.74. The number of carbonyl (C=O) groups excluding carboxylic acids is 2. The Morgan fingerprint density at radius 3 is 2.34 bits per heavy atom. The molecule has 0 N–H and O–H groups in total. The van der Waals surface area contributed by atoms with Crippen LogP contribution in [0.25, 0.3) is 11.3 Å². The Kier molecular flexibility index (Phi) is 5.56. The lowest BCUT2D eigenvalue weighted by Gasteiger charge is -2.20. The van der Waals surface area contributed by atoms with Gasteiger partial charge >= 0.3 is 12.4 Å². The van der Waals surface area contributed by atoms with E-state index < -0.39 is 30.1 Å². The van der Waals surface area contributed by atoms with E-state index in [0.717, 1.165) is 33.9 Å². The second kappa shape index (κ2) is 8.33. The molecule has 0 spiro atoms. The Morgan fingerprint density at radius 2 is 1.69 bits per heavy atom. The maximum absolute atomic E-state index is 13.0. The highest BCUT2D eigenvalue weighted by Gasteiger charge is 2.43. The van der Waals surface area contributed by atoms with Crippen LogP contribution in [0.15, 0.2) is 72.9 Å². The van der Waals surface area contributed by atoms with Gasteiger partial charge in [0.1, 0.15) is 11.8 Å². The van der Waals surface area contributed by atoms with Gasteiger partial charge in [-0.2, -0.15) is 0 Å². The molecular weight excluding hydrogens is 423 g/mol. The van der Waals surface area contributed by atoms with E-state index >= 15 is 0 Å². The van der Waals surface area contributed by atoms with Crippen LogP contribution < -0.4 is 9.64 Å². The number of ether oxygens (including phenoxy) is 1. The first-order chi connectivity index (χ1) is 15.2. The number of carbonyl (C=O) groups is 2. The minimum Gasteiger partial charge on any atom is -0.406 e. The number of anilines is 1. The highest BCUT2D eigenvalue weighted by atomic mass is 19.4. The zero-order chi connectivity index (χ0) is 22.9. The van der Waals surface area contributed by atoms with Crippen LogP contribution in [0, 0.1) is 0 Å². The number of hydrogen-bond donors (Lipinski definition) is 0. The summed E-state index contributed by atoms with van der Waals surface area (Å²) < 4.78 is 40.9. The third-order valence-corrected chi connectivity index (χ3v) is 5.06. The van der Waals surface area contributed by atoms with Crippen LogP contribution in [0.3, 0.4) is 0 Å². The third-order valence-electron chi connectivity index (χ3n) is 5.06. The number of rotatable bonds is 5. The molecule has 3 amide bonds. The first-order valence-electron chi connectivity index (χ1n) is 9.74. The van der Waals surface area contributed by atoms with Gasteiger partial charge in [0.2, 0.25) is 0 Å². The van der Waals surface area contributed by atoms with Crippen molar-refractivity contribution in [1.29, 1.82) is 0 Å². The zero-order valence-electron chi connectivity index (χ0n) is 16.9. The Balaban J connectivity index is 1.54. The number of amides is 3. The number of hydrogen-bond acceptors (Lipinski definition) is 4.